The number of aromatic nitrogens is 1. The second-order valence-electron chi connectivity index (χ2n) is 3.71. The summed E-state index contributed by atoms with van der Waals surface area (Å²) in [5.74, 6) is 0.731. The van der Waals surface area contributed by atoms with Crippen LogP contribution in [0.3, 0.4) is 0 Å². The summed E-state index contributed by atoms with van der Waals surface area (Å²) in [5, 5.41) is 0. The Labute approximate surface area is 127 Å². The fourth-order valence-corrected chi connectivity index (χ4v) is 3.28. The number of benzene rings is 1. The maximum atomic E-state index is 12.5. The van der Waals surface area contributed by atoms with E-state index in [1.807, 2.05) is 0 Å². The van der Waals surface area contributed by atoms with Crippen LogP contribution < -0.4 is 9.47 Å². The lowest BCUT2D eigenvalue weighted by atomic mass is 10.0. The Morgan fingerprint density at radius 2 is 1.74 bits per heavy atom. The van der Waals surface area contributed by atoms with Crippen molar-refractivity contribution in [3.8, 4) is 11.5 Å². The van der Waals surface area contributed by atoms with Crippen LogP contribution in [0.15, 0.2) is 33.5 Å². The minimum Gasteiger partial charge on any atom is -0.495 e. The van der Waals surface area contributed by atoms with Crippen molar-refractivity contribution in [3.05, 3.63) is 44.6 Å². The Kier molecular flexibility index (Phi) is 4.31. The first kappa shape index (κ1) is 14.1. The number of hydrogen-bond acceptors (Lipinski definition) is 3. The van der Waals surface area contributed by atoms with Gasteiger partial charge in [-0.15, -0.1) is 0 Å². The Morgan fingerprint density at radius 1 is 1.16 bits per heavy atom. The van der Waals surface area contributed by atoms with Gasteiger partial charge in [0.2, 0.25) is 5.78 Å². The van der Waals surface area contributed by atoms with Gasteiger partial charge >= 0.3 is 0 Å². The third kappa shape index (κ3) is 2.55. The summed E-state index contributed by atoms with van der Waals surface area (Å²) in [6.45, 7) is 0. The number of methoxy groups -OCH3 is 2. The predicted molar refractivity (Wildman–Crippen MR) is 79.2 cm³/mol. The van der Waals surface area contributed by atoms with E-state index in [9.17, 15) is 4.79 Å². The molecule has 4 nitrogen and oxygen atoms in total. The van der Waals surface area contributed by atoms with E-state index in [1.165, 1.54) is 14.2 Å². The van der Waals surface area contributed by atoms with Crippen molar-refractivity contribution in [1.82, 2.24) is 4.98 Å². The van der Waals surface area contributed by atoms with Gasteiger partial charge in [-0.1, -0.05) is 0 Å². The zero-order chi connectivity index (χ0) is 14.0. The lowest BCUT2D eigenvalue weighted by molar-refractivity contribution is 0.103. The van der Waals surface area contributed by atoms with Crippen molar-refractivity contribution in [2.24, 2.45) is 0 Å². The molecular formula is C13H11Br2NO3. The smallest absolute Gasteiger partial charge is 0.202 e. The van der Waals surface area contributed by atoms with Crippen LogP contribution in [0.1, 0.15) is 15.9 Å². The van der Waals surface area contributed by atoms with E-state index < -0.39 is 0 Å². The normalized spacial score (nSPS) is 10.3. The molecule has 0 radical (unpaired) electrons. The van der Waals surface area contributed by atoms with Gasteiger partial charge in [0, 0.05) is 18.0 Å². The van der Waals surface area contributed by atoms with Crippen LogP contribution in [0.25, 0.3) is 0 Å². The molecule has 0 fully saturated rings. The molecule has 100 valence electrons. The predicted octanol–water partition coefficient (Wildman–Crippen LogP) is 3.79. The fourth-order valence-electron chi connectivity index (χ4n) is 1.80. The minimum absolute atomic E-state index is 0.169. The van der Waals surface area contributed by atoms with Crippen molar-refractivity contribution in [2.45, 2.75) is 0 Å². The quantitative estimate of drug-likeness (QED) is 0.810. The Hall–Kier alpha value is -1.27. The van der Waals surface area contributed by atoms with E-state index in [1.54, 1.807) is 24.5 Å². The maximum Gasteiger partial charge on any atom is 0.202 e. The topological polar surface area (TPSA) is 51.3 Å². The molecule has 1 aromatic heterocycles. The van der Waals surface area contributed by atoms with E-state index >= 15 is 0 Å². The molecule has 19 heavy (non-hydrogen) atoms. The van der Waals surface area contributed by atoms with Gasteiger partial charge in [0.05, 0.1) is 23.2 Å². The first-order valence-electron chi connectivity index (χ1n) is 5.37. The zero-order valence-corrected chi connectivity index (χ0v) is 13.5. The molecule has 2 rings (SSSR count). The molecule has 1 N–H and O–H groups in total. The summed E-state index contributed by atoms with van der Waals surface area (Å²) in [4.78, 5) is 15.4. The molecule has 1 aromatic carbocycles. The van der Waals surface area contributed by atoms with Gasteiger partial charge in [-0.25, -0.2) is 0 Å². The average molecular weight is 389 g/mol. The maximum absolute atomic E-state index is 12.5. The monoisotopic (exact) mass is 387 g/mol. The van der Waals surface area contributed by atoms with Gasteiger partial charge in [0.25, 0.3) is 0 Å². The van der Waals surface area contributed by atoms with Crippen LogP contribution in [-0.2, 0) is 0 Å². The van der Waals surface area contributed by atoms with Crippen molar-refractivity contribution >= 4 is 37.6 Å². The van der Waals surface area contributed by atoms with E-state index in [2.05, 4.69) is 36.8 Å². The molecule has 0 spiro atoms. The molecule has 0 aliphatic carbocycles. The van der Waals surface area contributed by atoms with Gasteiger partial charge in [0.15, 0.2) is 0 Å². The number of nitrogens with one attached hydrogen (secondary N) is 1. The average Bonchev–Trinajstić information content (AvgIpc) is 2.91. The highest BCUT2D eigenvalue weighted by atomic mass is 79.9. The first-order chi connectivity index (χ1) is 9.10. The highest BCUT2D eigenvalue weighted by molar-refractivity contribution is 9.11. The van der Waals surface area contributed by atoms with Crippen molar-refractivity contribution in [2.75, 3.05) is 14.2 Å². The van der Waals surface area contributed by atoms with Crippen molar-refractivity contribution < 1.29 is 14.3 Å². The Morgan fingerprint density at radius 3 is 2.16 bits per heavy atom. The summed E-state index contributed by atoms with van der Waals surface area (Å²) >= 11 is 6.76. The number of ether oxygens (including phenoxy) is 2. The second-order valence-corrected chi connectivity index (χ2v) is 5.42. The lowest BCUT2D eigenvalue weighted by Crippen LogP contribution is -2.07. The van der Waals surface area contributed by atoms with Crippen LogP contribution in [0.4, 0.5) is 0 Å². The van der Waals surface area contributed by atoms with Crippen LogP contribution in [0.2, 0.25) is 0 Å². The van der Waals surface area contributed by atoms with Crippen molar-refractivity contribution in [3.63, 3.8) is 0 Å². The lowest BCUT2D eigenvalue weighted by Gasteiger charge is -2.15. The van der Waals surface area contributed by atoms with Gasteiger partial charge in [0.1, 0.15) is 17.1 Å². The Balaban J connectivity index is 2.69. The summed E-state index contributed by atoms with van der Waals surface area (Å²) in [5.41, 5.74) is 0.924. The molecule has 6 heteroatoms. The third-order valence-electron chi connectivity index (χ3n) is 2.64. The van der Waals surface area contributed by atoms with Crippen LogP contribution in [-0.4, -0.2) is 25.0 Å². The largest absolute Gasteiger partial charge is 0.495 e. The zero-order valence-electron chi connectivity index (χ0n) is 10.3. The molecule has 1 heterocycles. The molecular weight excluding hydrogens is 378 g/mol. The van der Waals surface area contributed by atoms with Crippen LogP contribution in [0.5, 0.6) is 11.5 Å². The van der Waals surface area contributed by atoms with E-state index in [-0.39, 0.29) is 5.78 Å². The summed E-state index contributed by atoms with van der Waals surface area (Å²) < 4.78 is 12.0. The highest BCUT2D eigenvalue weighted by Crippen LogP contribution is 2.42. The van der Waals surface area contributed by atoms with Gasteiger partial charge in [-0.3, -0.25) is 4.79 Å². The van der Waals surface area contributed by atoms with E-state index in [4.69, 9.17) is 9.47 Å². The Bertz CT molecular complexity index is 581. The SMILES string of the molecule is COc1c(Br)cc(Br)c(OC)c1C(=O)c1cc[nH]c1. The highest BCUT2D eigenvalue weighted by Gasteiger charge is 2.24. The molecule has 0 atom stereocenters. The molecule has 0 unspecified atom stereocenters. The van der Waals surface area contributed by atoms with Crippen molar-refractivity contribution in [1.29, 1.82) is 0 Å². The van der Waals surface area contributed by atoms with Gasteiger partial charge in [-0.2, -0.15) is 0 Å². The standard InChI is InChI=1S/C13H11Br2NO3/c1-18-12-8(14)5-9(15)13(19-2)10(12)11(17)7-3-4-16-6-7/h3-6,16H,1-2H3. The van der Waals surface area contributed by atoms with Gasteiger partial charge < -0.3 is 14.5 Å². The molecule has 0 bridgehead atoms. The summed E-state index contributed by atoms with van der Waals surface area (Å²) in [7, 11) is 3.03. The summed E-state index contributed by atoms with van der Waals surface area (Å²) in [6.07, 6.45) is 3.33. The first-order valence-corrected chi connectivity index (χ1v) is 6.96. The number of aromatic amines is 1. The number of rotatable bonds is 4. The van der Waals surface area contributed by atoms with E-state index in [0.717, 1.165) is 0 Å². The summed E-state index contributed by atoms with van der Waals surface area (Å²) in [6, 6.07) is 3.49. The molecule has 2 aromatic rings. The van der Waals surface area contributed by atoms with Crippen LogP contribution in [0, 0.1) is 0 Å². The number of hydrogen-bond donors (Lipinski definition) is 1. The molecule has 0 saturated carbocycles. The second kappa shape index (κ2) is 5.79. The number of ketones is 1. The number of carbonyl (C=O) groups excluding carboxylic acids is 1. The fraction of sp³-hybridized carbons (Fsp3) is 0.154. The number of carbonyl (C=O) groups is 1. The number of halogens is 2. The molecule has 0 saturated heterocycles. The van der Waals surface area contributed by atoms with E-state index in [0.29, 0.717) is 31.6 Å². The molecule has 0 aliphatic heterocycles. The third-order valence-corrected chi connectivity index (χ3v) is 3.81. The minimum atomic E-state index is -0.169. The van der Waals surface area contributed by atoms with Gasteiger partial charge in [-0.05, 0) is 44.0 Å². The molecule has 0 amide bonds. The molecule has 0 aliphatic rings. The number of H-pyrrole nitrogens is 1. The van der Waals surface area contributed by atoms with Crippen LogP contribution >= 0.6 is 31.9 Å².